The topological polar surface area (TPSA) is 49.9 Å². The van der Waals surface area contributed by atoms with Crippen LogP contribution in [0.1, 0.15) is 21.5 Å². The lowest BCUT2D eigenvalue weighted by molar-refractivity contribution is -0.137. The summed E-state index contributed by atoms with van der Waals surface area (Å²) in [6.07, 6.45) is -2.91. The van der Waals surface area contributed by atoms with Gasteiger partial charge in [0.25, 0.3) is 11.8 Å². The second-order valence-electron chi connectivity index (χ2n) is 7.09. The summed E-state index contributed by atoms with van der Waals surface area (Å²) in [6, 6.07) is 11.3. The molecule has 0 bridgehead atoms. The van der Waals surface area contributed by atoms with E-state index in [4.69, 9.17) is 17.0 Å². The van der Waals surface area contributed by atoms with E-state index in [1.54, 1.807) is 35.2 Å². The van der Waals surface area contributed by atoms with Gasteiger partial charge in [0.2, 0.25) is 0 Å². The number of rotatable bonds is 3. The zero-order valence-electron chi connectivity index (χ0n) is 16.6. The van der Waals surface area contributed by atoms with Crippen molar-refractivity contribution in [1.29, 1.82) is 0 Å². The number of carbonyl (C=O) groups is 2. The minimum absolute atomic E-state index is 0.0668. The van der Waals surface area contributed by atoms with E-state index < -0.39 is 17.6 Å². The molecule has 0 aromatic heterocycles. The number of carbonyl (C=O) groups excluding carboxylic acids is 2. The summed E-state index contributed by atoms with van der Waals surface area (Å²) < 4.78 is 44.5. The fraction of sp³-hybridized carbons (Fsp3) is 0.227. The van der Waals surface area contributed by atoms with Gasteiger partial charge in [-0.3, -0.25) is 14.5 Å². The number of hydrogen-bond acceptors (Lipinski definition) is 5. The molecular weight excluding hydrogens is 461 g/mol. The van der Waals surface area contributed by atoms with Crippen molar-refractivity contribution in [2.75, 3.05) is 31.2 Å². The Balaban J connectivity index is 1.52. The number of halogens is 3. The zero-order chi connectivity index (χ0) is 22.9. The number of anilines is 1. The Morgan fingerprint density at radius 2 is 1.78 bits per heavy atom. The molecule has 2 saturated heterocycles. The fourth-order valence-corrected chi connectivity index (χ4v) is 4.63. The van der Waals surface area contributed by atoms with Crippen LogP contribution >= 0.6 is 24.0 Å². The van der Waals surface area contributed by atoms with Crippen LogP contribution in [-0.2, 0) is 15.7 Å². The zero-order valence-corrected chi connectivity index (χ0v) is 18.2. The van der Waals surface area contributed by atoms with E-state index in [9.17, 15) is 22.8 Å². The maximum atomic E-state index is 13.0. The highest BCUT2D eigenvalue weighted by molar-refractivity contribution is 8.27. The number of thiocarbonyl (C=S) groups is 1. The maximum Gasteiger partial charge on any atom is 0.416 e. The third-order valence-electron chi connectivity index (χ3n) is 4.98. The molecule has 2 amide bonds. The molecule has 0 atom stereocenters. The SMILES string of the molecule is O=C(c1ccc(/C=C2\SC(=S)N(c3cccc(C(F)(F)F)c3)C2=O)cc1)N1CCOCC1. The van der Waals surface area contributed by atoms with Crippen LogP contribution in [0.4, 0.5) is 18.9 Å². The molecule has 0 unspecified atom stereocenters. The van der Waals surface area contributed by atoms with Gasteiger partial charge in [-0.15, -0.1) is 0 Å². The molecular formula is C22H17F3N2O3S2. The smallest absolute Gasteiger partial charge is 0.378 e. The highest BCUT2D eigenvalue weighted by Gasteiger charge is 2.36. The van der Waals surface area contributed by atoms with Crippen molar-refractivity contribution in [3.05, 3.63) is 70.1 Å². The van der Waals surface area contributed by atoms with Crippen LogP contribution in [0.3, 0.4) is 0 Å². The molecule has 0 saturated carbocycles. The molecule has 2 aliphatic heterocycles. The molecule has 32 heavy (non-hydrogen) atoms. The second-order valence-corrected chi connectivity index (χ2v) is 8.77. The lowest BCUT2D eigenvalue weighted by Crippen LogP contribution is -2.40. The van der Waals surface area contributed by atoms with Crippen molar-refractivity contribution >= 4 is 51.9 Å². The van der Waals surface area contributed by atoms with Crippen LogP contribution in [0.25, 0.3) is 6.08 Å². The number of alkyl halides is 3. The second kappa shape index (κ2) is 9.05. The Labute approximate surface area is 191 Å². The Morgan fingerprint density at radius 3 is 2.44 bits per heavy atom. The van der Waals surface area contributed by atoms with Crippen LogP contribution in [0.5, 0.6) is 0 Å². The van der Waals surface area contributed by atoms with Gasteiger partial charge in [0.05, 0.1) is 29.4 Å². The van der Waals surface area contributed by atoms with Gasteiger partial charge < -0.3 is 9.64 Å². The van der Waals surface area contributed by atoms with Crippen molar-refractivity contribution in [1.82, 2.24) is 4.90 Å². The van der Waals surface area contributed by atoms with E-state index in [1.165, 1.54) is 12.1 Å². The fourth-order valence-electron chi connectivity index (χ4n) is 3.33. The van der Waals surface area contributed by atoms with Crippen molar-refractivity contribution in [2.45, 2.75) is 6.18 Å². The number of thioether (sulfide) groups is 1. The summed E-state index contributed by atoms with van der Waals surface area (Å²) in [6.45, 7) is 2.10. The number of nitrogens with zero attached hydrogens (tertiary/aromatic N) is 2. The average molecular weight is 479 g/mol. The Hall–Kier alpha value is -2.69. The predicted molar refractivity (Wildman–Crippen MR) is 120 cm³/mol. The van der Waals surface area contributed by atoms with Gasteiger partial charge in [-0.2, -0.15) is 13.2 Å². The Kier molecular flexibility index (Phi) is 6.36. The molecule has 5 nitrogen and oxygen atoms in total. The van der Waals surface area contributed by atoms with Crippen LogP contribution in [0.2, 0.25) is 0 Å². The highest BCUT2D eigenvalue weighted by Crippen LogP contribution is 2.38. The van der Waals surface area contributed by atoms with Gasteiger partial charge in [0.1, 0.15) is 0 Å². The Morgan fingerprint density at radius 1 is 1.09 bits per heavy atom. The molecule has 2 fully saturated rings. The molecule has 0 spiro atoms. The van der Waals surface area contributed by atoms with Crippen molar-refractivity contribution in [3.8, 4) is 0 Å². The van der Waals surface area contributed by atoms with E-state index in [-0.39, 0.29) is 15.9 Å². The van der Waals surface area contributed by atoms with Gasteiger partial charge in [0.15, 0.2) is 4.32 Å². The van der Waals surface area contributed by atoms with Crippen LogP contribution in [0, 0.1) is 0 Å². The highest BCUT2D eigenvalue weighted by atomic mass is 32.2. The maximum absolute atomic E-state index is 13.0. The molecule has 0 aliphatic carbocycles. The van der Waals surface area contributed by atoms with Crippen molar-refractivity contribution < 1.29 is 27.5 Å². The van der Waals surface area contributed by atoms with Gasteiger partial charge >= 0.3 is 6.18 Å². The minimum Gasteiger partial charge on any atom is -0.378 e. The molecule has 2 aromatic rings. The van der Waals surface area contributed by atoms with E-state index in [2.05, 4.69) is 0 Å². The number of amides is 2. The molecule has 4 rings (SSSR count). The van der Waals surface area contributed by atoms with Gasteiger partial charge in [-0.1, -0.05) is 42.2 Å². The molecule has 0 N–H and O–H groups in total. The molecule has 0 radical (unpaired) electrons. The van der Waals surface area contributed by atoms with Crippen molar-refractivity contribution in [3.63, 3.8) is 0 Å². The molecule has 166 valence electrons. The summed E-state index contributed by atoms with van der Waals surface area (Å²) in [5, 5.41) is 0. The quantitative estimate of drug-likeness (QED) is 0.477. The van der Waals surface area contributed by atoms with E-state index >= 15 is 0 Å². The molecule has 10 heteroatoms. The monoisotopic (exact) mass is 478 g/mol. The summed E-state index contributed by atoms with van der Waals surface area (Å²) in [7, 11) is 0. The number of morpholine rings is 1. The van der Waals surface area contributed by atoms with E-state index in [1.807, 2.05) is 0 Å². The first-order chi connectivity index (χ1) is 15.2. The third kappa shape index (κ3) is 4.72. The molecule has 2 aliphatic rings. The molecule has 2 aromatic carbocycles. The van der Waals surface area contributed by atoms with E-state index in [0.29, 0.717) is 42.3 Å². The van der Waals surface area contributed by atoms with Gasteiger partial charge in [-0.05, 0) is 42.0 Å². The third-order valence-corrected chi connectivity index (χ3v) is 6.28. The van der Waals surface area contributed by atoms with Crippen LogP contribution in [0.15, 0.2) is 53.4 Å². The summed E-state index contributed by atoms with van der Waals surface area (Å²) in [5.41, 5.74) is 0.416. The summed E-state index contributed by atoms with van der Waals surface area (Å²) in [5.74, 6) is -0.580. The number of benzene rings is 2. The van der Waals surface area contributed by atoms with E-state index in [0.717, 1.165) is 28.8 Å². The number of hydrogen-bond donors (Lipinski definition) is 0. The first-order valence-electron chi connectivity index (χ1n) is 9.66. The number of ether oxygens (including phenoxy) is 1. The van der Waals surface area contributed by atoms with Crippen LogP contribution in [-0.4, -0.2) is 47.3 Å². The Bertz CT molecular complexity index is 1090. The lowest BCUT2D eigenvalue weighted by Gasteiger charge is -2.26. The predicted octanol–water partition coefficient (Wildman–Crippen LogP) is 4.58. The van der Waals surface area contributed by atoms with Crippen molar-refractivity contribution in [2.24, 2.45) is 0 Å². The lowest BCUT2D eigenvalue weighted by atomic mass is 10.1. The molecule has 2 heterocycles. The summed E-state index contributed by atoms with van der Waals surface area (Å²) in [4.78, 5) is 28.5. The first-order valence-corrected chi connectivity index (χ1v) is 10.9. The standard InChI is InChI=1S/C22H17F3N2O3S2/c23-22(24,25)16-2-1-3-17(13-16)27-20(29)18(32-21(27)31)12-14-4-6-15(7-5-14)19(28)26-8-10-30-11-9-26/h1-7,12-13H,8-11H2/b18-12-. The minimum atomic E-state index is -4.52. The average Bonchev–Trinajstić information content (AvgIpc) is 3.06. The van der Waals surface area contributed by atoms with Gasteiger partial charge in [-0.25, -0.2) is 0 Å². The normalized spacial score (nSPS) is 18.5. The largest absolute Gasteiger partial charge is 0.416 e. The summed E-state index contributed by atoms with van der Waals surface area (Å²) >= 11 is 6.26. The first kappa shape index (κ1) is 22.5. The van der Waals surface area contributed by atoms with Crippen LogP contribution < -0.4 is 4.90 Å². The van der Waals surface area contributed by atoms with Gasteiger partial charge in [0, 0.05) is 18.7 Å².